The second-order valence-corrected chi connectivity index (χ2v) is 8.82. The van der Waals surface area contributed by atoms with Gasteiger partial charge in [-0.3, -0.25) is 19.3 Å². The molecule has 1 unspecified atom stereocenters. The maximum Gasteiger partial charge on any atom is 0.264 e. The van der Waals surface area contributed by atoms with Gasteiger partial charge in [-0.05, 0) is 54.4 Å². The number of benzene rings is 3. The molecular weight excluding hydrogens is 473 g/mol. The number of nitrogens with one attached hydrogen (secondary N) is 1. The van der Waals surface area contributed by atoms with Crippen LogP contribution in [0.1, 0.15) is 18.9 Å². The summed E-state index contributed by atoms with van der Waals surface area (Å²) < 4.78 is 0. The van der Waals surface area contributed by atoms with E-state index in [9.17, 15) is 14.4 Å². The second kappa shape index (κ2) is 10.3. The molecule has 0 radical (unpaired) electrons. The van der Waals surface area contributed by atoms with Crippen molar-refractivity contribution in [1.29, 1.82) is 0 Å². The topological polar surface area (TPSA) is 69.7 Å². The molecule has 0 aromatic heterocycles. The van der Waals surface area contributed by atoms with E-state index in [0.29, 0.717) is 45.6 Å². The lowest BCUT2D eigenvalue weighted by atomic mass is 10.1. The summed E-state index contributed by atoms with van der Waals surface area (Å²) in [6.45, 7) is 2.36. The lowest BCUT2D eigenvalue weighted by molar-refractivity contribution is -0.133. The van der Waals surface area contributed by atoms with Gasteiger partial charge in [-0.25, -0.2) is 0 Å². The fraction of sp³-hybridized carbons (Fsp3) is 0.192. The Labute approximate surface area is 208 Å². The average Bonchev–Trinajstić information content (AvgIpc) is 2.88. The Balaban J connectivity index is 1.72. The van der Waals surface area contributed by atoms with E-state index in [2.05, 4.69) is 5.32 Å². The number of amides is 3. The van der Waals surface area contributed by atoms with Crippen LogP contribution in [-0.4, -0.2) is 30.3 Å². The maximum atomic E-state index is 13.8. The number of hydrogen-bond donors (Lipinski definition) is 1. The lowest BCUT2D eigenvalue weighted by Crippen LogP contribution is -2.55. The Bertz CT molecular complexity index is 1210. The molecule has 34 heavy (non-hydrogen) atoms. The number of rotatable bonds is 6. The van der Waals surface area contributed by atoms with E-state index in [1.165, 1.54) is 4.90 Å². The fourth-order valence-electron chi connectivity index (χ4n) is 4.04. The Morgan fingerprint density at radius 2 is 1.50 bits per heavy atom. The highest BCUT2D eigenvalue weighted by molar-refractivity contribution is 6.34. The standard InChI is InChI=1S/C26H23Cl2N3O3/c1-2-12-30-21-10-6-7-11-22(21)31(20-8-4-3-5-9-20)26(34)24(25(30)33)29-23(32)15-17-13-18(27)16-19(28)14-17/h3-11,13-14,16,24H,2,12,15H2,1H3,(H,29,32). The van der Waals surface area contributed by atoms with Crippen LogP contribution in [0, 0.1) is 0 Å². The zero-order valence-electron chi connectivity index (χ0n) is 18.5. The monoisotopic (exact) mass is 495 g/mol. The normalized spacial score (nSPS) is 15.7. The van der Waals surface area contributed by atoms with Crippen LogP contribution in [0.3, 0.4) is 0 Å². The van der Waals surface area contributed by atoms with E-state index in [1.807, 2.05) is 43.3 Å². The Hall–Kier alpha value is -3.35. The van der Waals surface area contributed by atoms with Crippen LogP contribution >= 0.6 is 23.2 Å². The summed E-state index contributed by atoms with van der Waals surface area (Å²) >= 11 is 12.1. The summed E-state index contributed by atoms with van der Waals surface area (Å²) in [5.74, 6) is -1.49. The Kier molecular flexibility index (Phi) is 7.20. The van der Waals surface area contributed by atoms with Crippen molar-refractivity contribution in [2.75, 3.05) is 16.3 Å². The quantitative estimate of drug-likeness (QED) is 0.481. The molecule has 0 aliphatic carbocycles. The molecule has 0 fully saturated rings. The minimum absolute atomic E-state index is 0.0800. The molecule has 1 atom stereocenters. The van der Waals surface area contributed by atoms with Crippen molar-refractivity contribution in [2.24, 2.45) is 0 Å². The second-order valence-electron chi connectivity index (χ2n) is 7.94. The number of anilines is 3. The predicted molar refractivity (Wildman–Crippen MR) is 135 cm³/mol. The number of carbonyl (C=O) groups is 3. The van der Waals surface area contributed by atoms with Crippen LogP contribution in [0.25, 0.3) is 0 Å². The fourth-order valence-corrected chi connectivity index (χ4v) is 4.61. The SMILES string of the molecule is CCCN1C(=O)C(NC(=O)Cc2cc(Cl)cc(Cl)c2)C(=O)N(c2ccccc2)c2ccccc21. The smallest absolute Gasteiger partial charge is 0.264 e. The molecule has 0 bridgehead atoms. The summed E-state index contributed by atoms with van der Waals surface area (Å²) in [6, 6.07) is 19.8. The van der Waals surface area contributed by atoms with Crippen molar-refractivity contribution in [2.45, 2.75) is 25.8 Å². The molecule has 1 aliphatic heterocycles. The van der Waals surface area contributed by atoms with E-state index in [1.54, 1.807) is 41.3 Å². The van der Waals surface area contributed by atoms with Gasteiger partial charge in [-0.1, -0.05) is 60.5 Å². The number of carbonyl (C=O) groups excluding carboxylic acids is 3. The van der Waals surface area contributed by atoms with Crippen LogP contribution in [0.5, 0.6) is 0 Å². The first-order valence-corrected chi connectivity index (χ1v) is 11.7. The van der Waals surface area contributed by atoms with Gasteiger partial charge in [0.25, 0.3) is 11.8 Å². The first-order valence-electron chi connectivity index (χ1n) is 10.9. The van der Waals surface area contributed by atoms with Crippen LogP contribution in [0.4, 0.5) is 17.1 Å². The molecule has 1 aliphatic rings. The third-order valence-corrected chi connectivity index (χ3v) is 5.88. The van der Waals surface area contributed by atoms with Gasteiger partial charge in [0, 0.05) is 22.3 Å². The highest BCUT2D eigenvalue weighted by atomic mass is 35.5. The molecule has 3 aromatic carbocycles. The highest BCUT2D eigenvalue weighted by Crippen LogP contribution is 2.38. The van der Waals surface area contributed by atoms with Gasteiger partial charge >= 0.3 is 0 Å². The van der Waals surface area contributed by atoms with Crippen LogP contribution in [-0.2, 0) is 20.8 Å². The van der Waals surface area contributed by atoms with Gasteiger partial charge in [0.2, 0.25) is 5.91 Å². The van der Waals surface area contributed by atoms with Gasteiger partial charge in [0.1, 0.15) is 0 Å². The molecule has 4 rings (SSSR count). The Morgan fingerprint density at radius 1 is 0.882 bits per heavy atom. The van der Waals surface area contributed by atoms with Crippen molar-refractivity contribution < 1.29 is 14.4 Å². The molecule has 1 heterocycles. The van der Waals surface area contributed by atoms with E-state index in [4.69, 9.17) is 23.2 Å². The number of halogens is 2. The number of nitrogens with zero attached hydrogens (tertiary/aromatic N) is 2. The lowest BCUT2D eigenvalue weighted by Gasteiger charge is -2.25. The molecule has 0 saturated heterocycles. The van der Waals surface area contributed by atoms with E-state index in [-0.39, 0.29) is 6.42 Å². The summed E-state index contributed by atoms with van der Waals surface area (Å²) in [6.07, 6.45) is 0.602. The zero-order chi connectivity index (χ0) is 24.2. The van der Waals surface area contributed by atoms with Crippen LogP contribution in [0.15, 0.2) is 72.8 Å². The third kappa shape index (κ3) is 4.93. The highest BCUT2D eigenvalue weighted by Gasteiger charge is 2.41. The van der Waals surface area contributed by atoms with Crippen molar-refractivity contribution in [1.82, 2.24) is 5.32 Å². The van der Waals surface area contributed by atoms with Crippen LogP contribution in [0.2, 0.25) is 10.0 Å². The minimum atomic E-state index is -1.39. The van der Waals surface area contributed by atoms with E-state index < -0.39 is 23.8 Å². The summed E-state index contributed by atoms with van der Waals surface area (Å²) in [5, 5.41) is 3.46. The minimum Gasteiger partial charge on any atom is -0.336 e. The Morgan fingerprint density at radius 3 is 2.15 bits per heavy atom. The maximum absolute atomic E-state index is 13.8. The third-order valence-electron chi connectivity index (χ3n) is 5.45. The van der Waals surface area contributed by atoms with Crippen molar-refractivity contribution >= 4 is 58.0 Å². The van der Waals surface area contributed by atoms with Crippen LogP contribution < -0.4 is 15.1 Å². The van der Waals surface area contributed by atoms with Gasteiger partial charge in [0.05, 0.1) is 17.8 Å². The molecule has 174 valence electrons. The molecule has 0 spiro atoms. The summed E-state index contributed by atoms with van der Waals surface area (Å²) in [4.78, 5) is 43.4. The largest absolute Gasteiger partial charge is 0.336 e. The van der Waals surface area contributed by atoms with Gasteiger partial charge in [-0.2, -0.15) is 0 Å². The summed E-state index contributed by atoms with van der Waals surface area (Å²) in [5.41, 5.74) is 2.38. The molecule has 3 aromatic rings. The molecule has 1 N–H and O–H groups in total. The number of fused-ring (bicyclic) bond motifs is 1. The number of hydrogen-bond acceptors (Lipinski definition) is 3. The predicted octanol–water partition coefficient (Wildman–Crippen LogP) is 5.14. The summed E-state index contributed by atoms with van der Waals surface area (Å²) in [7, 11) is 0. The van der Waals surface area contributed by atoms with Crippen molar-refractivity contribution in [3.05, 3.63) is 88.4 Å². The zero-order valence-corrected chi connectivity index (χ0v) is 20.0. The number of para-hydroxylation sites is 3. The molecule has 0 saturated carbocycles. The van der Waals surface area contributed by atoms with Gasteiger partial charge in [0.15, 0.2) is 6.04 Å². The first kappa shape index (κ1) is 23.8. The molecular formula is C26H23Cl2N3O3. The molecule has 3 amide bonds. The molecule has 6 nitrogen and oxygen atoms in total. The first-order chi connectivity index (χ1) is 16.4. The van der Waals surface area contributed by atoms with Crippen molar-refractivity contribution in [3.63, 3.8) is 0 Å². The average molecular weight is 496 g/mol. The van der Waals surface area contributed by atoms with Crippen molar-refractivity contribution in [3.8, 4) is 0 Å². The molecule has 8 heteroatoms. The van der Waals surface area contributed by atoms with Gasteiger partial charge < -0.3 is 10.2 Å². The van der Waals surface area contributed by atoms with Gasteiger partial charge in [-0.15, -0.1) is 0 Å². The van der Waals surface area contributed by atoms with E-state index in [0.717, 1.165) is 0 Å². The van der Waals surface area contributed by atoms with E-state index >= 15 is 0 Å².